The topological polar surface area (TPSA) is 41.1 Å². The second kappa shape index (κ2) is 4.37. The molecule has 1 N–H and O–H groups in total. The maximum Gasteiger partial charge on any atom is 0.225 e. The summed E-state index contributed by atoms with van der Waals surface area (Å²) < 4.78 is 0. The van der Waals surface area contributed by atoms with Crippen LogP contribution in [-0.2, 0) is 6.42 Å². The van der Waals surface area contributed by atoms with Crippen molar-refractivity contribution in [2.75, 3.05) is 24.5 Å². The Morgan fingerprint density at radius 1 is 1.38 bits per heavy atom. The van der Waals surface area contributed by atoms with E-state index in [4.69, 9.17) is 0 Å². The van der Waals surface area contributed by atoms with Gasteiger partial charge in [0, 0.05) is 37.6 Å². The smallest absolute Gasteiger partial charge is 0.225 e. The second-order valence-electron chi connectivity index (χ2n) is 4.98. The molecule has 2 rings (SSSR count). The Morgan fingerprint density at radius 3 is 2.62 bits per heavy atom. The highest BCUT2D eigenvalue weighted by molar-refractivity contribution is 5.32. The minimum Gasteiger partial charge on any atom is -0.338 e. The van der Waals surface area contributed by atoms with Crippen LogP contribution in [0.25, 0.3) is 0 Å². The van der Waals surface area contributed by atoms with Crippen LogP contribution in [0.15, 0.2) is 12.4 Å². The Labute approximate surface area is 97.1 Å². The molecule has 88 valence electrons. The van der Waals surface area contributed by atoms with Crippen molar-refractivity contribution in [1.82, 2.24) is 15.3 Å². The number of rotatable bonds is 2. The van der Waals surface area contributed by atoms with Crippen molar-refractivity contribution in [2.45, 2.75) is 32.7 Å². The zero-order valence-electron chi connectivity index (χ0n) is 10.3. The molecule has 1 aliphatic rings. The maximum absolute atomic E-state index is 4.43. The van der Waals surface area contributed by atoms with Gasteiger partial charge in [-0.15, -0.1) is 0 Å². The molecule has 0 radical (unpaired) electrons. The molecule has 4 nitrogen and oxygen atoms in total. The first-order valence-electron chi connectivity index (χ1n) is 5.91. The first-order chi connectivity index (χ1) is 7.61. The van der Waals surface area contributed by atoms with Gasteiger partial charge in [-0.3, -0.25) is 0 Å². The molecule has 0 amide bonds. The minimum atomic E-state index is 0.144. The summed E-state index contributed by atoms with van der Waals surface area (Å²) in [5, 5.41) is 3.48. The molecule has 0 bridgehead atoms. The van der Waals surface area contributed by atoms with E-state index in [0.717, 1.165) is 32.0 Å². The highest BCUT2D eigenvalue weighted by Gasteiger charge is 2.26. The van der Waals surface area contributed by atoms with Gasteiger partial charge in [-0.05, 0) is 25.8 Å². The van der Waals surface area contributed by atoms with Crippen LogP contribution in [0.4, 0.5) is 5.95 Å². The third kappa shape index (κ3) is 2.50. The number of aryl methyl sites for hydroxylation is 1. The number of anilines is 1. The highest BCUT2D eigenvalue weighted by atomic mass is 15.3. The summed E-state index contributed by atoms with van der Waals surface area (Å²) in [6, 6.07) is 0. The second-order valence-corrected chi connectivity index (χ2v) is 4.98. The van der Waals surface area contributed by atoms with E-state index >= 15 is 0 Å². The van der Waals surface area contributed by atoms with Gasteiger partial charge in [-0.25, -0.2) is 9.97 Å². The molecule has 1 aromatic rings. The molecular formula is C12H20N4. The zero-order chi connectivity index (χ0) is 11.6. The van der Waals surface area contributed by atoms with Gasteiger partial charge in [-0.1, -0.05) is 6.92 Å². The molecule has 4 heteroatoms. The van der Waals surface area contributed by atoms with Crippen LogP contribution in [0.3, 0.4) is 0 Å². The number of aromatic nitrogens is 2. The normalized spacial score (nSPS) is 19.8. The van der Waals surface area contributed by atoms with E-state index in [0.29, 0.717) is 0 Å². The van der Waals surface area contributed by atoms with Crippen molar-refractivity contribution in [1.29, 1.82) is 0 Å². The summed E-state index contributed by atoms with van der Waals surface area (Å²) in [5.74, 6) is 0.853. The van der Waals surface area contributed by atoms with Crippen molar-refractivity contribution >= 4 is 5.95 Å². The molecule has 1 aliphatic heterocycles. The van der Waals surface area contributed by atoms with E-state index < -0.39 is 0 Å². The molecule has 16 heavy (non-hydrogen) atoms. The van der Waals surface area contributed by atoms with Crippen molar-refractivity contribution in [3.8, 4) is 0 Å². The van der Waals surface area contributed by atoms with E-state index in [1.807, 2.05) is 12.4 Å². The van der Waals surface area contributed by atoms with Gasteiger partial charge in [0.05, 0.1) is 0 Å². The van der Waals surface area contributed by atoms with Crippen LogP contribution in [0.5, 0.6) is 0 Å². The molecule has 1 saturated heterocycles. The van der Waals surface area contributed by atoms with E-state index in [1.54, 1.807) is 0 Å². The molecule has 0 spiro atoms. The Kier molecular flexibility index (Phi) is 3.10. The molecule has 2 heterocycles. The summed E-state index contributed by atoms with van der Waals surface area (Å²) in [4.78, 5) is 11.1. The average molecular weight is 220 g/mol. The summed E-state index contributed by atoms with van der Waals surface area (Å²) >= 11 is 0. The van der Waals surface area contributed by atoms with Crippen LogP contribution in [0.2, 0.25) is 0 Å². The number of hydrogen-bond acceptors (Lipinski definition) is 4. The Balaban J connectivity index is 2.11. The lowest BCUT2D eigenvalue weighted by Gasteiger charge is -2.39. The lowest BCUT2D eigenvalue weighted by Crippen LogP contribution is -2.57. The molecule has 0 aliphatic carbocycles. The molecular weight excluding hydrogens is 200 g/mol. The first kappa shape index (κ1) is 11.3. The largest absolute Gasteiger partial charge is 0.338 e. The van der Waals surface area contributed by atoms with Gasteiger partial charge < -0.3 is 10.2 Å². The summed E-state index contributed by atoms with van der Waals surface area (Å²) in [5.41, 5.74) is 1.34. The highest BCUT2D eigenvalue weighted by Crippen LogP contribution is 2.15. The first-order valence-corrected chi connectivity index (χ1v) is 5.91. The standard InChI is InChI=1S/C12H20N4/c1-4-10-7-13-11(14-8-10)16-6-5-15-12(2,3)9-16/h7-8,15H,4-6,9H2,1-3H3. The minimum absolute atomic E-state index is 0.144. The number of piperazine rings is 1. The third-order valence-electron chi connectivity index (χ3n) is 2.95. The van der Waals surface area contributed by atoms with Gasteiger partial charge >= 0.3 is 0 Å². The van der Waals surface area contributed by atoms with Crippen LogP contribution < -0.4 is 10.2 Å². The van der Waals surface area contributed by atoms with Crippen molar-refractivity contribution in [2.24, 2.45) is 0 Å². The Bertz CT molecular complexity index is 345. The molecule has 1 fully saturated rings. The molecule has 0 unspecified atom stereocenters. The third-order valence-corrected chi connectivity index (χ3v) is 2.95. The van der Waals surface area contributed by atoms with E-state index in [1.165, 1.54) is 5.56 Å². The number of nitrogens with one attached hydrogen (secondary N) is 1. The van der Waals surface area contributed by atoms with Gasteiger partial charge in [0.15, 0.2) is 0 Å². The molecule has 0 aromatic carbocycles. The van der Waals surface area contributed by atoms with Crippen LogP contribution in [0.1, 0.15) is 26.3 Å². The van der Waals surface area contributed by atoms with Gasteiger partial charge in [-0.2, -0.15) is 0 Å². The Hall–Kier alpha value is -1.16. The quantitative estimate of drug-likeness (QED) is 0.814. The van der Waals surface area contributed by atoms with Gasteiger partial charge in [0.25, 0.3) is 0 Å². The predicted molar refractivity (Wildman–Crippen MR) is 65.7 cm³/mol. The zero-order valence-corrected chi connectivity index (χ0v) is 10.3. The average Bonchev–Trinajstić information content (AvgIpc) is 2.28. The predicted octanol–water partition coefficient (Wildman–Crippen LogP) is 1.23. The fourth-order valence-corrected chi connectivity index (χ4v) is 2.01. The van der Waals surface area contributed by atoms with E-state index in [-0.39, 0.29) is 5.54 Å². The van der Waals surface area contributed by atoms with E-state index in [9.17, 15) is 0 Å². The maximum atomic E-state index is 4.43. The van der Waals surface area contributed by atoms with Crippen LogP contribution in [0, 0.1) is 0 Å². The summed E-state index contributed by atoms with van der Waals surface area (Å²) in [6.07, 6.45) is 4.85. The molecule has 1 aromatic heterocycles. The van der Waals surface area contributed by atoms with Gasteiger partial charge in [0.2, 0.25) is 5.95 Å². The summed E-state index contributed by atoms with van der Waals surface area (Å²) in [6.45, 7) is 9.46. The van der Waals surface area contributed by atoms with Crippen molar-refractivity contribution in [3.05, 3.63) is 18.0 Å². The van der Waals surface area contributed by atoms with Crippen molar-refractivity contribution < 1.29 is 0 Å². The van der Waals surface area contributed by atoms with Crippen molar-refractivity contribution in [3.63, 3.8) is 0 Å². The van der Waals surface area contributed by atoms with Crippen LogP contribution >= 0.6 is 0 Å². The molecule has 0 atom stereocenters. The summed E-state index contributed by atoms with van der Waals surface area (Å²) in [7, 11) is 0. The van der Waals surface area contributed by atoms with Gasteiger partial charge in [0.1, 0.15) is 0 Å². The van der Waals surface area contributed by atoms with Crippen LogP contribution in [-0.4, -0.2) is 35.1 Å². The number of nitrogens with zero attached hydrogens (tertiary/aromatic N) is 3. The Morgan fingerprint density at radius 2 is 2.06 bits per heavy atom. The fraction of sp³-hybridized carbons (Fsp3) is 0.667. The SMILES string of the molecule is CCc1cnc(N2CCNC(C)(C)C2)nc1. The lowest BCUT2D eigenvalue weighted by atomic mass is 10.0. The number of hydrogen-bond donors (Lipinski definition) is 1. The monoisotopic (exact) mass is 220 g/mol. The van der Waals surface area contributed by atoms with E-state index in [2.05, 4.69) is 41.0 Å². The lowest BCUT2D eigenvalue weighted by molar-refractivity contribution is 0.350. The molecule has 0 saturated carbocycles. The fourth-order valence-electron chi connectivity index (χ4n) is 2.01.